The molecule has 0 radical (unpaired) electrons. The van der Waals surface area contributed by atoms with E-state index in [0.29, 0.717) is 0 Å². The highest BCUT2D eigenvalue weighted by Crippen LogP contribution is 2.49. The summed E-state index contributed by atoms with van der Waals surface area (Å²) in [5, 5.41) is 3.91. The van der Waals surface area contributed by atoms with Crippen molar-refractivity contribution in [3.63, 3.8) is 0 Å². The zero-order chi connectivity index (χ0) is 21.2. The lowest BCUT2D eigenvalue weighted by atomic mass is 10.3. The molecule has 0 heterocycles. The van der Waals surface area contributed by atoms with Crippen LogP contribution in [0.15, 0.2) is 0 Å². The van der Waals surface area contributed by atoms with Crippen LogP contribution in [0.4, 0.5) is 30.7 Å². The van der Waals surface area contributed by atoms with Gasteiger partial charge in [0.1, 0.15) is 0 Å². The van der Waals surface area contributed by atoms with E-state index in [4.69, 9.17) is 0 Å². The Kier molecular flexibility index (Phi) is 7.49. The lowest BCUT2D eigenvalue weighted by Crippen LogP contribution is -2.60. The fraction of sp³-hybridized carbons (Fsp3) is 0.917. The molecule has 0 bridgehead atoms. The molecular weight excluding hydrogens is 401 g/mol. The van der Waals surface area contributed by atoms with Gasteiger partial charge in [-0.2, -0.15) is 35.0 Å². The summed E-state index contributed by atoms with van der Waals surface area (Å²) in [6.07, 6.45) is -8.17. The molecule has 0 aromatic heterocycles. The first-order chi connectivity index (χ1) is 11.3. The molecule has 0 spiro atoms. The Labute approximate surface area is 145 Å². The van der Waals surface area contributed by atoms with Gasteiger partial charge in [0.05, 0.1) is 27.7 Å². The van der Waals surface area contributed by atoms with Crippen LogP contribution in [0, 0.1) is 0 Å². The first-order valence-electron chi connectivity index (χ1n) is 7.10. The molecule has 6 nitrogen and oxygen atoms in total. The number of alkyl halides is 7. The smallest absolute Gasteiger partial charge is 0.461 e. The summed E-state index contributed by atoms with van der Waals surface area (Å²) in [5.74, 6) is -8.75. The highest BCUT2D eigenvalue weighted by Gasteiger charge is 2.79. The van der Waals surface area contributed by atoms with Crippen LogP contribution in [0.1, 0.15) is 12.8 Å². The predicted octanol–water partition coefficient (Wildman–Crippen LogP) is 0.645. The lowest BCUT2D eigenvalue weighted by molar-refractivity contribution is -0.870. The molecule has 26 heavy (non-hydrogen) atoms. The van der Waals surface area contributed by atoms with Gasteiger partial charge in [-0.25, -0.2) is 8.42 Å². The second-order valence-electron chi connectivity index (χ2n) is 6.48. The van der Waals surface area contributed by atoms with Gasteiger partial charge in [0.15, 0.2) is 0 Å². The summed E-state index contributed by atoms with van der Waals surface area (Å²) in [5.41, 5.74) is 0. The molecule has 0 aliphatic carbocycles. The molecule has 0 amide bonds. The van der Waals surface area contributed by atoms with Crippen molar-refractivity contribution >= 4 is 16.0 Å². The average molecular weight is 420 g/mol. The number of sulfonamides is 1. The van der Waals surface area contributed by atoms with Crippen molar-refractivity contribution in [1.29, 1.82) is 0 Å². The molecule has 0 N–H and O–H groups in total. The van der Waals surface area contributed by atoms with Crippen LogP contribution in [-0.4, -0.2) is 81.3 Å². The van der Waals surface area contributed by atoms with Crippen LogP contribution in [0.2, 0.25) is 0 Å². The molecule has 0 aromatic carbocycles. The standard InChI is InChI=1S/C12H19F7N2O4S/c1-21(2,3)8-4-6-20(7-5-9(22)23)26(24,25)12(18,19)10(13,14)11(15,16)17/h4-8H2,1-3H3. The number of halogens is 7. The molecule has 0 aromatic rings. The third kappa shape index (κ3) is 5.67. The number of hydrogen-bond acceptors (Lipinski definition) is 4. The second-order valence-corrected chi connectivity index (χ2v) is 8.46. The molecular formula is C12H19F7N2O4S. The maximum absolute atomic E-state index is 13.6. The van der Waals surface area contributed by atoms with Crippen molar-refractivity contribution in [2.24, 2.45) is 0 Å². The molecule has 0 unspecified atom stereocenters. The zero-order valence-corrected chi connectivity index (χ0v) is 14.9. The molecule has 0 atom stereocenters. The van der Waals surface area contributed by atoms with Gasteiger partial charge in [-0.1, -0.05) is 0 Å². The van der Waals surface area contributed by atoms with E-state index in [2.05, 4.69) is 0 Å². The van der Waals surface area contributed by atoms with Crippen molar-refractivity contribution < 1.29 is 53.5 Å². The van der Waals surface area contributed by atoms with Gasteiger partial charge in [-0.15, -0.1) is 0 Å². The van der Waals surface area contributed by atoms with Crippen molar-refractivity contribution in [3.8, 4) is 0 Å². The van der Waals surface area contributed by atoms with Crippen LogP contribution in [0.25, 0.3) is 0 Å². The van der Waals surface area contributed by atoms with E-state index >= 15 is 0 Å². The number of aliphatic carboxylic acids is 1. The Bertz CT molecular complexity index is 600. The number of carbonyl (C=O) groups is 1. The normalized spacial score (nSPS) is 14.7. The van der Waals surface area contributed by atoms with Gasteiger partial charge >= 0.3 is 17.4 Å². The number of carboxylic acid groups (broad SMARTS) is 1. The van der Waals surface area contributed by atoms with Gasteiger partial charge in [0.25, 0.3) is 10.0 Å². The SMILES string of the molecule is C[N+](C)(C)CCCN(CCC(=O)[O-])S(=O)(=O)C(F)(F)C(F)(F)C(F)(F)F. The highest BCUT2D eigenvalue weighted by atomic mass is 32.2. The Morgan fingerprint density at radius 2 is 1.46 bits per heavy atom. The number of quaternary nitrogens is 1. The molecule has 0 aliphatic rings. The minimum absolute atomic E-state index is 0.151. The van der Waals surface area contributed by atoms with Crippen LogP contribution < -0.4 is 5.11 Å². The molecule has 0 rings (SSSR count). The second kappa shape index (κ2) is 7.84. The third-order valence-electron chi connectivity index (χ3n) is 3.19. The quantitative estimate of drug-likeness (QED) is 0.384. The van der Waals surface area contributed by atoms with Gasteiger partial charge < -0.3 is 14.4 Å². The van der Waals surface area contributed by atoms with Gasteiger partial charge in [-0.05, 0) is 0 Å². The Hall–Kier alpha value is -1.15. The van der Waals surface area contributed by atoms with E-state index in [0.717, 1.165) is 0 Å². The number of rotatable bonds is 10. The first-order valence-corrected chi connectivity index (χ1v) is 8.54. The van der Waals surface area contributed by atoms with Gasteiger partial charge in [0.2, 0.25) is 0 Å². The van der Waals surface area contributed by atoms with Crippen molar-refractivity contribution in [2.45, 2.75) is 30.2 Å². The monoisotopic (exact) mass is 420 g/mol. The molecule has 0 fully saturated rings. The third-order valence-corrected chi connectivity index (χ3v) is 5.14. The van der Waals surface area contributed by atoms with E-state index in [1.807, 2.05) is 0 Å². The molecule has 0 saturated heterocycles. The average Bonchev–Trinajstić information content (AvgIpc) is 2.38. The summed E-state index contributed by atoms with van der Waals surface area (Å²) < 4.78 is 114. The molecule has 0 aliphatic heterocycles. The van der Waals surface area contributed by atoms with E-state index in [1.165, 1.54) is 0 Å². The summed E-state index contributed by atoms with van der Waals surface area (Å²) in [4.78, 5) is 10.4. The summed E-state index contributed by atoms with van der Waals surface area (Å²) in [6.45, 7) is -1.95. The van der Waals surface area contributed by atoms with Crippen LogP contribution in [0.3, 0.4) is 0 Å². The number of carbonyl (C=O) groups excluding carboxylic acids is 1. The number of nitrogens with zero attached hydrogens (tertiary/aromatic N) is 2. The highest BCUT2D eigenvalue weighted by molar-refractivity contribution is 7.90. The molecule has 0 saturated carbocycles. The minimum atomic E-state index is -6.86. The van der Waals surface area contributed by atoms with Crippen LogP contribution >= 0.6 is 0 Å². The molecule has 14 heteroatoms. The maximum atomic E-state index is 13.6. The number of carboxylic acids is 1. The predicted molar refractivity (Wildman–Crippen MR) is 73.6 cm³/mol. The van der Waals surface area contributed by atoms with E-state index in [-0.39, 0.29) is 21.8 Å². The minimum Gasteiger partial charge on any atom is -0.550 e. The fourth-order valence-corrected chi connectivity index (χ4v) is 3.24. The van der Waals surface area contributed by atoms with Crippen LogP contribution in [0.5, 0.6) is 0 Å². The van der Waals surface area contributed by atoms with Crippen molar-refractivity contribution in [1.82, 2.24) is 4.31 Å². The first kappa shape index (κ1) is 24.8. The largest absolute Gasteiger partial charge is 0.550 e. The van der Waals surface area contributed by atoms with Crippen molar-refractivity contribution in [3.05, 3.63) is 0 Å². The van der Waals surface area contributed by atoms with Crippen LogP contribution in [-0.2, 0) is 14.8 Å². The summed E-state index contributed by atoms with van der Waals surface area (Å²) in [6, 6.07) is 0. The van der Waals surface area contributed by atoms with Crippen molar-refractivity contribution in [2.75, 3.05) is 40.8 Å². The van der Waals surface area contributed by atoms with Gasteiger partial charge in [0, 0.05) is 31.9 Å². The zero-order valence-electron chi connectivity index (χ0n) is 14.1. The maximum Gasteiger partial charge on any atom is 0.461 e. The topological polar surface area (TPSA) is 77.5 Å². The fourth-order valence-electron chi connectivity index (χ4n) is 1.78. The summed E-state index contributed by atoms with van der Waals surface area (Å²) in [7, 11) is -1.63. The number of hydrogen-bond donors (Lipinski definition) is 0. The summed E-state index contributed by atoms with van der Waals surface area (Å²) >= 11 is 0. The Morgan fingerprint density at radius 1 is 1.00 bits per heavy atom. The molecule has 156 valence electrons. The Balaban J connectivity index is 5.76. The Morgan fingerprint density at radius 3 is 1.81 bits per heavy atom. The van der Waals surface area contributed by atoms with E-state index in [1.54, 1.807) is 21.1 Å². The van der Waals surface area contributed by atoms with E-state index < -0.39 is 52.9 Å². The van der Waals surface area contributed by atoms with E-state index in [9.17, 15) is 49.1 Å². The van der Waals surface area contributed by atoms with Gasteiger partial charge in [-0.3, -0.25) is 0 Å². The lowest BCUT2D eigenvalue weighted by Gasteiger charge is -2.33.